The molecule has 0 aromatic rings. The Bertz CT molecular complexity index is 236. The van der Waals surface area contributed by atoms with Gasteiger partial charge in [0, 0.05) is 22.4 Å². The van der Waals surface area contributed by atoms with Gasteiger partial charge >= 0.3 is 0 Å². The average molecular weight is 245 g/mol. The minimum atomic E-state index is -1.70. The second-order valence-corrected chi connectivity index (χ2v) is 10.2. The van der Waals surface area contributed by atoms with Crippen LogP contribution >= 0.6 is 0 Å². The topological polar surface area (TPSA) is 29.5 Å². The van der Waals surface area contributed by atoms with Crippen LogP contribution in [-0.4, -0.2) is 36.1 Å². The van der Waals surface area contributed by atoms with Gasteiger partial charge < -0.3 is 4.53 Å². The summed E-state index contributed by atoms with van der Waals surface area (Å²) in [7, 11) is -0.530. The van der Waals surface area contributed by atoms with Gasteiger partial charge in [0.15, 0.2) is 0 Å². The maximum atomic E-state index is 11.8. The molecule has 5 heteroatoms. The van der Waals surface area contributed by atoms with E-state index in [1.807, 2.05) is 0 Å². The summed E-state index contributed by atoms with van der Waals surface area (Å²) in [6, 6.07) is 1.19. The molecule has 0 aromatic heterocycles. The van der Waals surface area contributed by atoms with Crippen LogP contribution in [0, 0.1) is 0 Å². The van der Waals surface area contributed by atoms with Crippen LogP contribution < -0.4 is 0 Å². The van der Waals surface area contributed by atoms with E-state index in [4.69, 9.17) is 4.53 Å². The lowest BCUT2D eigenvalue weighted by Crippen LogP contribution is -2.41. The quantitative estimate of drug-likeness (QED) is 0.401. The smallest absolute Gasteiger partial charge is 0.271 e. The van der Waals surface area contributed by atoms with Crippen molar-refractivity contribution < 1.29 is 9.32 Å². The van der Waals surface area contributed by atoms with Gasteiger partial charge in [-0.2, -0.15) is 0 Å². The van der Waals surface area contributed by atoms with E-state index in [2.05, 4.69) is 26.2 Å². The summed E-state index contributed by atoms with van der Waals surface area (Å²) in [6.45, 7) is 12.3. The van der Waals surface area contributed by atoms with Crippen molar-refractivity contribution in [2.24, 2.45) is 0 Å². The van der Waals surface area contributed by atoms with E-state index in [0.717, 1.165) is 6.42 Å². The molecule has 3 nitrogen and oxygen atoms in total. The molecule has 0 atom stereocenters. The lowest BCUT2D eigenvalue weighted by molar-refractivity contribution is -0.154. The van der Waals surface area contributed by atoms with E-state index in [9.17, 15) is 4.79 Å². The molecule has 0 radical (unpaired) electrons. The third-order valence-electron chi connectivity index (χ3n) is 1.69. The highest BCUT2D eigenvalue weighted by atomic mass is 28.4. The molecule has 0 saturated heterocycles. The Morgan fingerprint density at radius 3 is 2.33 bits per heavy atom. The Labute approximate surface area is 97.0 Å². The number of hydrogen-bond donors (Lipinski definition) is 0. The Hall–Kier alpha value is -0.396. The minimum absolute atomic E-state index is 0.0764. The van der Waals surface area contributed by atoms with Crippen molar-refractivity contribution in [1.82, 2.24) is 5.06 Å². The van der Waals surface area contributed by atoms with Crippen LogP contribution in [0.2, 0.25) is 25.7 Å². The van der Waals surface area contributed by atoms with Gasteiger partial charge in [-0.05, 0) is 33.0 Å². The van der Waals surface area contributed by atoms with Crippen LogP contribution in [0.4, 0.5) is 0 Å². The van der Waals surface area contributed by atoms with E-state index < -0.39 is 8.32 Å². The SMILES string of the molecule is C=C(C)C(=O)N(CCC[SiH3])O[Si](C)(C)C. The summed E-state index contributed by atoms with van der Waals surface area (Å²) in [5.41, 5.74) is 0.543. The number of amides is 1. The maximum Gasteiger partial charge on any atom is 0.271 e. The zero-order valence-electron chi connectivity index (χ0n) is 10.6. The first-order valence-electron chi connectivity index (χ1n) is 5.44. The fourth-order valence-electron chi connectivity index (χ4n) is 1.03. The number of carbonyl (C=O) groups is 1. The summed E-state index contributed by atoms with van der Waals surface area (Å²) < 4.78 is 5.74. The van der Waals surface area contributed by atoms with Gasteiger partial charge in [-0.25, -0.2) is 5.06 Å². The molecule has 0 aliphatic rings. The minimum Gasteiger partial charge on any atom is -0.317 e. The zero-order chi connectivity index (χ0) is 12.1. The van der Waals surface area contributed by atoms with Crippen molar-refractivity contribution in [3.63, 3.8) is 0 Å². The first kappa shape index (κ1) is 14.6. The molecule has 0 saturated carbocycles. The largest absolute Gasteiger partial charge is 0.317 e. The predicted molar refractivity (Wildman–Crippen MR) is 70.3 cm³/mol. The summed E-state index contributed by atoms with van der Waals surface area (Å²) in [5.74, 6) is -0.0764. The van der Waals surface area contributed by atoms with Gasteiger partial charge in [0.25, 0.3) is 5.91 Å². The average Bonchev–Trinajstić information content (AvgIpc) is 2.09. The van der Waals surface area contributed by atoms with Gasteiger partial charge in [-0.3, -0.25) is 4.79 Å². The molecule has 88 valence electrons. The number of hydrogen-bond acceptors (Lipinski definition) is 2. The monoisotopic (exact) mass is 245 g/mol. The fourth-order valence-corrected chi connectivity index (χ4v) is 2.19. The maximum absolute atomic E-state index is 11.8. The van der Waals surface area contributed by atoms with Crippen molar-refractivity contribution in [2.75, 3.05) is 6.54 Å². The Morgan fingerprint density at radius 1 is 1.47 bits per heavy atom. The summed E-state index contributed by atoms with van der Waals surface area (Å²) in [6.07, 6.45) is 1.02. The molecule has 0 heterocycles. The lowest BCUT2D eigenvalue weighted by atomic mass is 10.3. The van der Waals surface area contributed by atoms with Gasteiger partial charge in [-0.1, -0.05) is 12.6 Å². The van der Waals surface area contributed by atoms with Gasteiger partial charge in [0.2, 0.25) is 8.32 Å². The molecule has 0 unspecified atom stereocenters. The molecule has 0 rings (SSSR count). The molecule has 0 bridgehead atoms. The number of carbonyl (C=O) groups excluding carboxylic acids is 1. The molecule has 0 aliphatic heterocycles. The van der Waals surface area contributed by atoms with Crippen LogP contribution in [0.3, 0.4) is 0 Å². The Morgan fingerprint density at radius 2 is 2.00 bits per heavy atom. The molecule has 0 N–H and O–H groups in total. The predicted octanol–water partition coefficient (Wildman–Crippen LogP) is 1.33. The molecule has 0 fully saturated rings. The second kappa shape index (κ2) is 6.24. The molecular weight excluding hydrogens is 222 g/mol. The van der Waals surface area contributed by atoms with Gasteiger partial charge in [-0.15, -0.1) is 0 Å². The third-order valence-corrected chi connectivity index (χ3v) is 3.17. The van der Waals surface area contributed by atoms with Crippen molar-refractivity contribution in [1.29, 1.82) is 0 Å². The van der Waals surface area contributed by atoms with Gasteiger partial charge in [0.1, 0.15) is 0 Å². The van der Waals surface area contributed by atoms with Crippen LogP contribution in [0.5, 0.6) is 0 Å². The van der Waals surface area contributed by atoms with E-state index in [0.29, 0.717) is 12.1 Å². The molecule has 15 heavy (non-hydrogen) atoms. The zero-order valence-corrected chi connectivity index (χ0v) is 13.6. The molecule has 0 spiro atoms. The van der Waals surface area contributed by atoms with Crippen molar-refractivity contribution in [3.8, 4) is 0 Å². The highest BCUT2D eigenvalue weighted by Gasteiger charge is 2.23. The van der Waals surface area contributed by atoms with E-state index in [1.165, 1.54) is 21.3 Å². The van der Waals surface area contributed by atoms with Crippen molar-refractivity contribution in [2.45, 2.75) is 39.0 Å². The fraction of sp³-hybridized carbons (Fsp3) is 0.700. The highest BCUT2D eigenvalue weighted by Crippen LogP contribution is 2.10. The first-order valence-corrected chi connectivity index (χ1v) is 10.3. The standard InChI is InChI=1S/C10H23NO2Si2/c1-9(2)10(12)11(7-6-8-14)13-15(3,4)5/h1,6-8H2,2-5,14H3. The number of rotatable bonds is 6. The molecular formula is C10H23NO2Si2. The lowest BCUT2D eigenvalue weighted by Gasteiger charge is -2.29. The number of hydroxylamine groups is 2. The molecule has 0 aromatic carbocycles. The van der Waals surface area contributed by atoms with Crippen LogP contribution in [0.1, 0.15) is 13.3 Å². The highest BCUT2D eigenvalue weighted by molar-refractivity contribution is 6.69. The third kappa shape index (κ3) is 6.64. The number of nitrogens with zero attached hydrogens (tertiary/aromatic N) is 1. The Kier molecular flexibility index (Phi) is 6.08. The van der Waals surface area contributed by atoms with Gasteiger partial charge in [0.05, 0.1) is 0 Å². The van der Waals surface area contributed by atoms with Crippen molar-refractivity contribution in [3.05, 3.63) is 12.2 Å². The normalized spacial score (nSPS) is 11.5. The summed E-state index contributed by atoms with van der Waals surface area (Å²) >= 11 is 0. The van der Waals surface area contributed by atoms with E-state index >= 15 is 0 Å². The summed E-state index contributed by atoms with van der Waals surface area (Å²) in [4.78, 5) is 11.8. The van der Waals surface area contributed by atoms with Crippen LogP contribution in [-0.2, 0) is 9.32 Å². The molecule has 0 aliphatic carbocycles. The Balaban J connectivity index is 4.44. The van der Waals surface area contributed by atoms with E-state index in [-0.39, 0.29) is 5.91 Å². The van der Waals surface area contributed by atoms with E-state index in [1.54, 1.807) is 6.92 Å². The van der Waals surface area contributed by atoms with Crippen molar-refractivity contribution >= 4 is 24.5 Å². The molecule has 1 amide bonds. The summed E-state index contributed by atoms with van der Waals surface area (Å²) in [5, 5.41) is 1.51. The van der Waals surface area contributed by atoms with Crippen LogP contribution in [0.15, 0.2) is 12.2 Å². The van der Waals surface area contributed by atoms with Crippen LogP contribution in [0.25, 0.3) is 0 Å². The first-order chi connectivity index (χ1) is 6.78. The second-order valence-electron chi connectivity index (χ2n) is 4.74.